The fraction of sp³-hybridized carbons (Fsp3) is 0.360. The number of alkyl halides is 3. The quantitative estimate of drug-likeness (QED) is 0.597. The van der Waals surface area contributed by atoms with Gasteiger partial charge in [0.25, 0.3) is 0 Å². The number of rotatable bonds is 7. The maximum Gasteiger partial charge on any atom is 0.492 e. The first-order valence-electron chi connectivity index (χ1n) is 11.3. The molecule has 1 fully saturated rings. The highest BCUT2D eigenvalue weighted by Gasteiger charge is 2.44. The van der Waals surface area contributed by atoms with E-state index >= 15 is 0 Å². The molecule has 0 aromatic heterocycles. The number of benzene rings is 2. The molecule has 2 aromatic rings. The molecule has 2 amide bonds. The molecular weight excluding hydrogens is 477 g/mol. The summed E-state index contributed by atoms with van der Waals surface area (Å²) < 4.78 is 37.8. The highest BCUT2D eigenvalue weighted by molar-refractivity contribution is 5.89. The van der Waals surface area contributed by atoms with E-state index in [0.29, 0.717) is 18.5 Å². The molecule has 2 aromatic carbocycles. The van der Waals surface area contributed by atoms with Crippen LogP contribution in [0.5, 0.6) is 0 Å². The lowest BCUT2D eigenvalue weighted by Crippen LogP contribution is -2.53. The third-order valence-electron chi connectivity index (χ3n) is 5.57. The second kappa shape index (κ2) is 11.7. The predicted octanol–water partition coefficient (Wildman–Crippen LogP) is 3.74. The largest absolute Gasteiger partial charge is 0.492 e. The van der Waals surface area contributed by atoms with E-state index in [9.17, 15) is 32.8 Å². The lowest BCUT2D eigenvalue weighted by atomic mass is 9.99. The summed E-state index contributed by atoms with van der Waals surface area (Å²) in [5.41, 5.74) is 3.18. The van der Waals surface area contributed by atoms with Crippen molar-refractivity contribution in [3.8, 4) is 17.2 Å². The Bertz CT molecular complexity index is 1150. The molecule has 1 aliphatic rings. The van der Waals surface area contributed by atoms with E-state index in [0.717, 1.165) is 21.8 Å². The van der Waals surface area contributed by atoms with Crippen LogP contribution in [0.1, 0.15) is 31.7 Å². The van der Waals surface area contributed by atoms with Crippen LogP contribution in [0.4, 0.5) is 18.9 Å². The van der Waals surface area contributed by atoms with Crippen molar-refractivity contribution < 1.29 is 32.4 Å². The van der Waals surface area contributed by atoms with Crippen LogP contribution in [0.25, 0.3) is 11.1 Å². The first-order valence-corrected chi connectivity index (χ1v) is 11.3. The SMILES string of the molecule is CC(=O)Nc1cccc(-c2ccc(C[C@@H](C#N)NC(=O)[C@@H]3CCCCN3OC(=O)C(F)(F)F)cc2)c1. The molecule has 3 rings (SSSR count). The molecule has 0 saturated carbocycles. The fourth-order valence-corrected chi connectivity index (χ4v) is 3.88. The Kier molecular flexibility index (Phi) is 8.66. The first-order chi connectivity index (χ1) is 17.1. The van der Waals surface area contributed by atoms with Gasteiger partial charge in [0.1, 0.15) is 12.1 Å². The number of carbonyl (C=O) groups excluding carboxylic acids is 3. The van der Waals surface area contributed by atoms with Crippen molar-refractivity contribution in [3.05, 3.63) is 54.1 Å². The number of nitrogens with one attached hydrogen (secondary N) is 2. The number of anilines is 1. The Morgan fingerprint density at radius 3 is 2.50 bits per heavy atom. The zero-order valence-corrected chi connectivity index (χ0v) is 19.5. The van der Waals surface area contributed by atoms with Gasteiger partial charge < -0.3 is 15.5 Å². The second-order valence-electron chi connectivity index (χ2n) is 8.38. The molecule has 1 saturated heterocycles. The van der Waals surface area contributed by atoms with Gasteiger partial charge in [-0.1, -0.05) is 36.4 Å². The van der Waals surface area contributed by atoms with E-state index in [4.69, 9.17) is 0 Å². The zero-order chi connectivity index (χ0) is 26.3. The van der Waals surface area contributed by atoms with Crippen molar-refractivity contribution in [2.75, 3.05) is 11.9 Å². The van der Waals surface area contributed by atoms with E-state index in [2.05, 4.69) is 15.5 Å². The minimum absolute atomic E-state index is 0.0122. The molecule has 1 aliphatic heterocycles. The van der Waals surface area contributed by atoms with Crippen LogP contribution in [0.2, 0.25) is 0 Å². The summed E-state index contributed by atoms with van der Waals surface area (Å²) in [6.45, 7) is 1.41. The number of nitriles is 1. The van der Waals surface area contributed by atoms with Crippen LogP contribution < -0.4 is 10.6 Å². The summed E-state index contributed by atoms with van der Waals surface area (Å²) >= 11 is 0. The van der Waals surface area contributed by atoms with Crippen molar-refractivity contribution in [2.24, 2.45) is 0 Å². The van der Waals surface area contributed by atoms with Crippen LogP contribution in [0, 0.1) is 11.3 Å². The minimum Gasteiger partial charge on any atom is -0.360 e. The van der Waals surface area contributed by atoms with Crippen molar-refractivity contribution in [1.82, 2.24) is 10.4 Å². The molecule has 0 unspecified atom stereocenters. The fourth-order valence-electron chi connectivity index (χ4n) is 3.88. The summed E-state index contributed by atoms with van der Waals surface area (Å²) in [5.74, 6) is -3.24. The Morgan fingerprint density at radius 1 is 1.14 bits per heavy atom. The van der Waals surface area contributed by atoms with E-state index in [1.165, 1.54) is 6.92 Å². The molecule has 8 nitrogen and oxygen atoms in total. The van der Waals surface area contributed by atoms with Gasteiger partial charge in [0.05, 0.1) is 6.07 Å². The maximum atomic E-state index is 12.7. The molecule has 190 valence electrons. The van der Waals surface area contributed by atoms with Crippen molar-refractivity contribution >= 4 is 23.5 Å². The molecule has 11 heteroatoms. The Labute approximate surface area is 206 Å². The van der Waals surface area contributed by atoms with Crippen LogP contribution in [0.15, 0.2) is 48.5 Å². The molecular formula is C25H25F3N4O4. The third-order valence-corrected chi connectivity index (χ3v) is 5.57. The van der Waals surface area contributed by atoms with E-state index in [-0.39, 0.29) is 25.3 Å². The van der Waals surface area contributed by atoms with Gasteiger partial charge in [0, 0.05) is 25.6 Å². The van der Waals surface area contributed by atoms with Gasteiger partial charge in [-0.05, 0) is 48.1 Å². The van der Waals surface area contributed by atoms with E-state index in [1.54, 1.807) is 18.2 Å². The maximum absolute atomic E-state index is 12.7. The number of carbonyl (C=O) groups is 3. The minimum atomic E-state index is -5.18. The van der Waals surface area contributed by atoms with Gasteiger partial charge in [0.2, 0.25) is 11.8 Å². The van der Waals surface area contributed by atoms with Gasteiger partial charge in [-0.3, -0.25) is 9.59 Å². The van der Waals surface area contributed by atoms with Gasteiger partial charge in [-0.15, -0.1) is 5.06 Å². The number of hydrogen-bond donors (Lipinski definition) is 2. The molecule has 2 atom stereocenters. The zero-order valence-electron chi connectivity index (χ0n) is 19.5. The van der Waals surface area contributed by atoms with E-state index < -0.39 is 30.1 Å². The number of hydrogen-bond acceptors (Lipinski definition) is 6. The van der Waals surface area contributed by atoms with Crippen molar-refractivity contribution in [2.45, 2.75) is 50.9 Å². The standard InChI is InChI=1S/C25H25F3N4O4/c1-16(33)30-20-6-4-5-19(14-20)18-10-8-17(9-11-18)13-21(15-29)31-23(34)22-7-2-3-12-32(22)36-24(35)25(26,27)28/h4-6,8-11,14,21-22H,2-3,7,12-13H2,1H3,(H,30,33)(H,31,34)/t21-,22-/m0/s1. The van der Waals surface area contributed by atoms with Crippen molar-refractivity contribution in [1.29, 1.82) is 5.26 Å². The van der Waals surface area contributed by atoms with Gasteiger partial charge >= 0.3 is 12.1 Å². The van der Waals surface area contributed by atoms with Crippen LogP contribution >= 0.6 is 0 Å². The highest BCUT2D eigenvalue weighted by Crippen LogP contribution is 2.25. The molecule has 0 radical (unpaired) electrons. The number of hydroxylamine groups is 2. The second-order valence-corrected chi connectivity index (χ2v) is 8.38. The number of nitrogens with zero attached hydrogens (tertiary/aromatic N) is 2. The monoisotopic (exact) mass is 502 g/mol. The molecule has 1 heterocycles. The lowest BCUT2D eigenvalue weighted by Gasteiger charge is -2.33. The van der Waals surface area contributed by atoms with Gasteiger partial charge in [-0.2, -0.15) is 18.4 Å². The number of halogens is 3. The van der Waals surface area contributed by atoms with Gasteiger partial charge in [0.15, 0.2) is 0 Å². The first kappa shape index (κ1) is 26.7. The lowest BCUT2D eigenvalue weighted by molar-refractivity contribution is -0.248. The van der Waals surface area contributed by atoms with Gasteiger partial charge in [-0.25, -0.2) is 4.79 Å². The van der Waals surface area contributed by atoms with Crippen LogP contribution in [-0.4, -0.2) is 47.7 Å². The smallest absolute Gasteiger partial charge is 0.360 e. The average molecular weight is 502 g/mol. The summed E-state index contributed by atoms with van der Waals surface area (Å²) in [6, 6.07) is 14.5. The Hall–Kier alpha value is -3.91. The molecule has 0 bridgehead atoms. The summed E-state index contributed by atoms with van der Waals surface area (Å²) in [4.78, 5) is 39.7. The Morgan fingerprint density at radius 2 is 1.86 bits per heavy atom. The van der Waals surface area contributed by atoms with E-state index in [1.807, 2.05) is 36.4 Å². The van der Waals surface area contributed by atoms with Crippen LogP contribution in [0.3, 0.4) is 0 Å². The molecule has 2 N–H and O–H groups in total. The molecule has 0 aliphatic carbocycles. The molecule has 0 spiro atoms. The predicted molar refractivity (Wildman–Crippen MR) is 124 cm³/mol. The normalized spacial score (nSPS) is 16.9. The number of piperidine rings is 1. The highest BCUT2D eigenvalue weighted by atomic mass is 19.4. The van der Waals surface area contributed by atoms with Crippen LogP contribution in [-0.2, 0) is 25.6 Å². The number of amides is 2. The summed E-state index contributed by atoms with van der Waals surface area (Å²) in [6.07, 6.45) is -3.77. The third kappa shape index (κ3) is 7.29. The van der Waals surface area contributed by atoms with Crippen molar-refractivity contribution in [3.63, 3.8) is 0 Å². The summed E-state index contributed by atoms with van der Waals surface area (Å²) in [5, 5.41) is 15.6. The summed E-state index contributed by atoms with van der Waals surface area (Å²) in [7, 11) is 0. The topological polar surface area (TPSA) is 112 Å². The average Bonchev–Trinajstić information content (AvgIpc) is 2.83. The molecule has 36 heavy (non-hydrogen) atoms. The Balaban J connectivity index is 1.63.